The van der Waals surface area contributed by atoms with Crippen molar-refractivity contribution >= 4 is 10.2 Å². The highest BCUT2D eigenvalue weighted by Crippen LogP contribution is 2.41. The van der Waals surface area contributed by atoms with E-state index in [0.29, 0.717) is 30.7 Å². The van der Waals surface area contributed by atoms with Gasteiger partial charge in [-0.05, 0) is 31.6 Å². The zero-order chi connectivity index (χ0) is 17.5. The molecule has 2 heterocycles. The molecule has 1 aromatic heterocycles. The van der Waals surface area contributed by atoms with Crippen LogP contribution >= 0.6 is 0 Å². The van der Waals surface area contributed by atoms with Crippen molar-refractivity contribution in [3.8, 4) is 0 Å². The number of rotatable bonds is 6. The summed E-state index contributed by atoms with van der Waals surface area (Å²) < 4.78 is 28.4. The van der Waals surface area contributed by atoms with E-state index in [-0.39, 0.29) is 11.6 Å². The molecule has 0 spiro atoms. The molecule has 1 aromatic rings. The highest BCUT2D eigenvalue weighted by Gasteiger charge is 2.44. The van der Waals surface area contributed by atoms with Gasteiger partial charge in [-0.25, -0.2) is 4.98 Å². The second-order valence-corrected chi connectivity index (χ2v) is 8.95. The quantitative estimate of drug-likeness (QED) is 0.729. The first-order chi connectivity index (χ1) is 11.2. The molecule has 0 amide bonds. The first-order valence-corrected chi connectivity index (χ1v) is 9.67. The molecule has 134 valence electrons. The molecule has 3 rings (SSSR count). The van der Waals surface area contributed by atoms with Gasteiger partial charge < -0.3 is 4.98 Å². The molecule has 0 radical (unpaired) electrons. The Kier molecular flexibility index (Phi) is 4.78. The Hall–Kier alpha value is -1.29. The van der Waals surface area contributed by atoms with E-state index in [2.05, 4.69) is 19.6 Å². The summed E-state index contributed by atoms with van der Waals surface area (Å²) in [6.07, 6.45) is 2.34. The Morgan fingerprint density at radius 3 is 2.67 bits per heavy atom. The summed E-state index contributed by atoms with van der Waals surface area (Å²) in [4.78, 5) is 20.8. The fourth-order valence-electron chi connectivity index (χ4n) is 3.42. The van der Waals surface area contributed by atoms with Crippen LogP contribution in [0, 0.1) is 18.8 Å². The van der Waals surface area contributed by atoms with Gasteiger partial charge in [0.25, 0.3) is 15.8 Å². The lowest BCUT2D eigenvalue weighted by molar-refractivity contribution is 0.305. The highest BCUT2D eigenvalue weighted by atomic mass is 32.2. The molecule has 24 heavy (non-hydrogen) atoms. The molecule has 0 bridgehead atoms. The second kappa shape index (κ2) is 6.55. The third-order valence-corrected chi connectivity index (χ3v) is 6.31. The number of aryl methyl sites for hydroxylation is 1. The SMILES string of the molecule is Cc1nc(CN2C[C@H](NS(=O)(=O)N(C)C)[C@@H](C3CC3)C2)cc(=O)[nH]1. The van der Waals surface area contributed by atoms with Gasteiger partial charge in [-0.2, -0.15) is 17.4 Å². The summed E-state index contributed by atoms with van der Waals surface area (Å²) in [6, 6.07) is 1.42. The first-order valence-electron chi connectivity index (χ1n) is 8.23. The Morgan fingerprint density at radius 2 is 2.08 bits per heavy atom. The minimum atomic E-state index is -3.44. The number of H-pyrrole nitrogens is 1. The van der Waals surface area contributed by atoms with Gasteiger partial charge in [-0.15, -0.1) is 0 Å². The number of aromatic amines is 1. The van der Waals surface area contributed by atoms with Crippen LogP contribution in [-0.2, 0) is 16.8 Å². The van der Waals surface area contributed by atoms with Crippen LogP contribution in [0.3, 0.4) is 0 Å². The van der Waals surface area contributed by atoms with E-state index >= 15 is 0 Å². The van der Waals surface area contributed by atoms with E-state index in [1.807, 2.05) is 0 Å². The lowest BCUT2D eigenvalue weighted by Gasteiger charge is -2.21. The number of nitrogens with one attached hydrogen (secondary N) is 2. The van der Waals surface area contributed by atoms with Crippen molar-refractivity contribution in [2.75, 3.05) is 27.2 Å². The maximum atomic E-state index is 12.2. The van der Waals surface area contributed by atoms with E-state index in [9.17, 15) is 13.2 Å². The Labute approximate surface area is 142 Å². The zero-order valence-electron chi connectivity index (χ0n) is 14.3. The van der Waals surface area contributed by atoms with E-state index in [1.165, 1.54) is 37.3 Å². The third kappa shape index (κ3) is 4.02. The second-order valence-electron chi connectivity index (χ2n) is 7.03. The summed E-state index contributed by atoms with van der Waals surface area (Å²) in [7, 11) is -0.380. The zero-order valence-corrected chi connectivity index (χ0v) is 15.1. The average Bonchev–Trinajstić information content (AvgIpc) is 3.21. The monoisotopic (exact) mass is 355 g/mol. The van der Waals surface area contributed by atoms with Crippen molar-refractivity contribution < 1.29 is 8.42 Å². The summed E-state index contributed by atoms with van der Waals surface area (Å²) in [5.41, 5.74) is 0.571. The molecule has 9 heteroatoms. The van der Waals surface area contributed by atoms with E-state index in [1.54, 1.807) is 6.92 Å². The molecule has 2 N–H and O–H groups in total. The van der Waals surface area contributed by atoms with Crippen LogP contribution in [0.1, 0.15) is 24.4 Å². The summed E-state index contributed by atoms with van der Waals surface area (Å²) in [5, 5.41) is 0. The molecule has 0 aromatic carbocycles. The average molecular weight is 355 g/mol. The normalized spacial score (nSPS) is 25.5. The van der Waals surface area contributed by atoms with Crippen LogP contribution in [0.4, 0.5) is 0 Å². The predicted octanol–water partition coefficient (Wildman–Crippen LogP) is -0.315. The van der Waals surface area contributed by atoms with Crippen LogP contribution in [0.15, 0.2) is 10.9 Å². The van der Waals surface area contributed by atoms with Crippen molar-refractivity contribution in [3.05, 3.63) is 27.9 Å². The summed E-state index contributed by atoms with van der Waals surface area (Å²) in [5.74, 6) is 1.52. The number of nitrogens with zero attached hydrogens (tertiary/aromatic N) is 3. The van der Waals surface area contributed by atoms with Gasteiger partial charge >= 0.3 is 0 Å². The fourth-order valence-corrected chi connectivity index (χ4v) is 4.26. The van der Waals surface area contributed by atoms with Crippen LogP contribution in [-0.4, -0.2) is 60.8 Å². The minimum Gasteiger partial charge on any atom is -0.311 e. The van der Waals surface area contributed by atoms with E-state index < -0.39 is 10.2 Å². The van der Waals surface area contributed by atoms with Crippen LogP contribution in [0.5, 0.6) is 0 Å². The number of likely N-dealkylation sites (tertiary alicyclic amines) is 1. The lowest BCUT2D eigenvalue weighted by Crippen LogP contribution is -2.46. The molecule has 2 aliphatic rings. The molecule has 8 nitrogen and oxygen atoms in total. The van der Waals surface area contributed by atoms with Gasteiger partial charge in [0.05, 0.1) is 5.69 Å². The van der Waals surface area contributed by atoms with Crippen LogP contribution in [0.2, 0.25) is 0 Å². The van der Waals surface area contributed by atoms with Gasteiger partial charge in [0.15, 0.2) is 0 Å². The summed E-state index contributed by atoms with van der Waals surface area (Å²) in [6.45, 7) is 3.80. The Balaban J connectivity index is 1.72. The summed E-state index contributed by atoms with van der Waals surface area (Å²) >= 11 is 0. The van der Waals surface area contributed by atoms with E-state index in [0.717, 1.165) is 12.2 Å². The van der Waals surface area contributed by atoms with Crippen molar-refractivity contribution in [2.45, 2.75) is 32.4 Å². The molecule has 0 unspecified atom stereocenters. The van der Waals surface area contributed by atoms with Crippen LogP contribution in [0.25, 0.3) is 0 Å². The molecule has 2 atom stereocenters. The van der Waals surface area contributed by atoms with Gasteiger partial charge in [0.2, 0.25) is 0 Å². The first kappa shape index (κ1) is 17.5. The molecule has 2 fully saturated rings. The number of aromatic nitrogens is 2. The highest BCUT2D eigenvalue weighted by molar-refractivity contribution is 7.87. The minimum absolute atomic E-state index is 0.0898. The largest absolute Gasteiger partial charge is 0.311 e. The molecule has 1 saturated heterocycles. The van der Waals surface area contributed by atoms with Crippen LogP contribution < -0.4 is 10.3 Å². The maximum Gasteiger partial charge on any atom is 0.279 e. The predicted molar refractivity (Wildman–Crippen MR) is 90.6 cm³/mol. The standard InChI is InChI=1S/C15H25N5O3S/c1-10-16-12(6-15(21)17-10)7-20-8-13(11-4-5-11)14(9-20)18-24(22,23)19(2)3/h6,11,13-14,18H,4-5,7-9H2,1-3H3,(H,16,17,21)/t13-,14+/m1/s1. The van der Waals surface area contributed by atoms with Gasteiger partial charge in [-0.1, -0.05) is 0 Å². The third-order valence-electron chi connectivity index (χ3n) is 4.75. The van der Waals surface area contributed by atoms with Crippen molar-refractivity contribution in [3.63, 3.8) is 0 Å². The topological polar surface area (TPSA) is 98.4 Å². The maximum absolute atomic E-state index is 12.2. The number of hydrogen-bond acceptors (Lipinski definition) is 5. The van der Waals surface area contributed by atoms with Gasteiger partial charge in [0, 0.05) is 45.8 Å². The lowest BCUT2D eigenvalue weighted by atomic mass is 9.99. The van der Waals surface area contributed by atoms with Gasteiger partial charge in [0.1, 0.15) is 5.82 Å². The molecule has 1 saturated carbocycles. The van der Waals surface area contributed by atoms with Crippen molar-refractivity contribution in [1.29, 1.82) is 0 Å². The van der Waals surface area contributed by atoms with E-state index in [4.69, 9.17) is 0 Å². The Morgan fingerprint density at radius 1 is 1.38 bits per heavy atom. The number of hydrogen-bond donors (Lipinski definition) is 2. The molecular weight excluding hydrogens is 330 g/mol. The van der Waals surface area contributed by atoms with Crippen molar-refractivity contribution in [2.24, 2.45) is 11.8 Å². The van der Waals surface area contributed by atoms with Gasteiger partial charge in [-0.3, -0.25) is 9.69 Å². The fraction of sp³-hybridized carbons (Fsp3) is 0.733. The molecule has 1 aliphatic heterocycles. The molecule has 1 aliphatic carbocycles. The van der Waals surface area contributed by atoms with Crippen molar-refractivity contribution in [1.82, 2.24) is 23.9 Å². The Bertz CT molecular complexity index is 757. The molecular formula is C15H25N5O3S. The smallest absolute Gasteiger partial charge is 0.279 e.